The van der Waals surface area contributed by atoms with Crippen LogP contribution in [-0.4, -0.2) is 37.5 Å². The molecule has 2 aromatic rings. The average Bonchev–Trinajstić information content (AvgIpc) is 3.30. The van der Waals surface area contributed by atoms with Gasteiger partial charge in [-0.15, -0.1) is 0 Å². The number of ether oxygens (including phenoxy) is 3. The van der Waals surface area contributed by atoms with E-state index in [-0.39, 0.29) is 23.7 Å². The number of aliphatic hydroxyl groups excluding tert-OH is 1. The number of hydrogen-bond acceptors (Lipinski definition) is 5. The fourth-order valence-corrected chi connectivity index (χ4v) is 6.68. The van der Waals surface area contributed by atoms with E-state index in [1.165, 1.54) is 22.3 Å². The van der Waals surface area contributed by atoms with Gasteiger partial charge in [-0.1, -0.05) is 46.8 Å². The fourth-order valence-electron chi connectivity index (χ4n) is 6.68. The van der Waals surface area contributed by atoms with E-state index in [0.717, 1.165) is 35.6 Å². The predicted molar refractivity (Wildman–Crippen MR) is 134 cm³/mol. The van der Waals surface area contributed by atoms with Gasteiger partial charge in [-0.2, -0.15) is 0 Å². The summed E-state index contributed by atoms with van der Waals surface area (Å²) >= 11 is 0. The number of aliphatic hydroxyl groups is 1. The van der Waals surface area contributed by atoms with Crippen molar-refractivity contribution in [3.63, 3.8) is 0 Å². The van der Waals surface area contributed by atoms with Crippen LogP contribution in [-0.2, 0) is 17.3 Å². The second-order valence-electron chi connectivity index (χ2n) is 11.6. The number of fused-ring (bicyclic) bond motifs is 3. The minimum atomic E-state index is -0.575. The lowest BCUT2D eigenvalue weighted by Crippen LogP contribution is -2.33. The maximum absolute atomic E-state index is 11.6. The van der Waals surface area contributed by atoms with Crippen LogP contribution in [0.2, 0.25) is 0 Å². The van der Waals surface area contributed by atoms with Crippen LogP contribution in [0.15, 0.2) is 18.2 Å². The van der Waals surface area contributed by atoms with Crippen LogP contribution in [0.3, 0.4) is 0 Å². The molecule has 1 N–H and O–H groups in total. The largest absolute Gasteiger partial charge is 0.492 e. The van der Waals surface area contributed by atoms with Gasteiger partial charge < -0.3 is 19.3 Å². The quantitative estimate of drug-likeness (QED) is 0.638. The van der Waals surface area contributed by atoms with E-state index in [4.69, 9.17) is 14.2 Å². The Kier molecular flexibility index (Phi) is 5.45. The molecule has 0 amide bonds. The zero-order valence-electron chi connectivity index (χ0n) is 21.9. The number of rotatable bonds is 4. The third kappa shape index (κ3) is 3.27. The summed E-state index contributed by atoms with van der Waals surface area (Å²) in [4.78, 5) is 2.33. The summed E-state index contributed by atoms with van der Waals surface area (Å²) < 4.78 is 17.3. The van der Waals surface area contributed by atoms with Gasteiger partial charge in [0.25, 0.3) is 0 Å². The summed E-state index contributed by atoms with van der Waals surface area (Å²) in [6.45, 7) is 15.0. The van der Waals surface area contributed by atoms with Gasteiger partial charge in [0.15, 0.2) is 11.5 Å². The van der Waals surface area contributed by atoms with Crippen molar-refractivity contribution in [1.82, 2.24) is 4.90 Å². The van der Waals surface area contributed by atoms with Crippen LogP contribution < -0.4 is 14.2 Å². The molecule has 5 rings (SSSR count). The van der Waals surface area contributed by atoms with E-state index in [2.05, 4.69) is 71.7 Å². The number of likely N-dealkylation sites (N-methyl/N-ethyl adjacent to an activating group) is 1. The van der Waals surface area contributed by atoms with Crippen molar-refractivity contribution in [1.29, 1.82) is 0 Å². The second-order valence-corrected chi connectivity index (χ2v) is 11.6. The first-order valence-corrected chi connectivity index (χ1v) is 12.5. The monoisotopic (exact) mass is 465 g/mol. The number of nitrogens with zero attached hydrogens (tertiary/aromatic N) is 1. The molecule has 0 bridgehead atoms. The molecule has 1 aliphatic carbocycles. The van der Waals surface area contributed by atoms with E-state index in [1.807, 2.05) is 0 Å². The van der Waals surface area contributed by atoms with E-state index >= 15 is 0 Å². The standard InChI is InChI=1S/C29H39NO4/c1-16-11-20-21(29(5,6)17(2)28(20,3)4)13-19(16)23(31)14-22-25-18(9-10-30(22)7)12-24-26(27(25)32-8)34-15-33-24/h11-13,17,22-23,31H,9-10,14-15H2,1-8H3/t17-,22-,23-/m0/s1. The molecule has 0 spiro atoms. The molecule has 34 heavy (non-hydrogen) atoms. The highest BCUT2D eigenvalue weighted by Gasteiger charge is 2.49. The molecule has 0 saturated carbocycles. The Bertz CT molecular complexity index is 1140. The van der Waals surface area contributed by atoms with Gasteiger partial charge in [0.1, 0.15) is 0 Å². The van der Waals surface area contributed by atoms with Crippen molar-refractivity contribution in [3.8, 4) is 17.2 Å². The number of aryl methyl sites for hydroxylation is 1. The molecule has 5 nitrogen and oxygen atoms in total. The maximum atomic E-state index is 11.6. The SMILES string of the molecule is COc1c2c(cc3c1[C@H](C[C@H](O)c1cc4c(cc1C)C(C)(C)[C@H](C)C4(C)C)N(C)CC3)OCO2. The lowest BCUT2D eigenvalue weighted by Gasteiger charge is -2.37. The molecule has 0 radical (unpaired) electrons. The van der Waals surface area contributed by atoms with Crippen molar-refractivity contribution >= 4 is 0 Å². The average molecular weight is 466 g/mol. The summed E-state index contributed by atoms with van der Waals surface area (Å²) in [5, 5.41) is 11.6. The van der Waals surface area contributed by atoms with Crippen LogP contribution in [0.5, 0.6) is 17.2 Å². The molecule has 3 atom stereocenters. The highest BCUT2D eigenvalue weighted by Crippen LogP contribution is 2.55. The van der Waals surface area contributed by atoms with Gasteiger partial charge in [-0.3, -0.25) is 4.90 Å². The zero-order chi connectivity index (χ0) is 24.6. The molecular formula is C29H39NO4. The Balaban J connectivity index is 1.54. The summed E-state index contributed by atoms with van der Waals surface area (Å²) in [6.07, 6.45) is 0.942. The van der Waals surface area contributed by atoms with E-state index in [1.54, 1.807) is 7.11 Å². The molecule has 0 saturated heterocycles. The molecule has 0 unspecified atom stereocenters. The Labute approximate surface area is 204 Å². The first kappa shape index (κ1) is 23.5. The Hall–Kier alpha value is -2.24. The topological polar surface area (TPSA) is 51.2 Å². The summed E-state index contributed by atoms with van der Waals surface area (Å²) in [7, 11) is 3.82. The summed E-state index contributed by atoms with van der Waals surface area (Å²) in [5.41, 5.74) is 7.53. The molecule has 0 fully saturated rings. The molecule has 3 aliphatic rings. The predicted octanol–water partition coefficient (Wildman–Crippen LogP) is 5.59. The minimum Gasteiger partial charge on any atom is -0.492 e. The maximum Gasteiger partial charge on any atom is 0.231 e. The number of methoxy groups -OCH3 is 1. The van der Waals surface area contributed by atoms with Gasteiger partial charge in [-0.05, 0) is 77.4 Å². The van der Waals surface area contributed by atoms with Crippen molar-refractivity contribution in [2.45, 2.75) is 77.4 Å². The molecule has 2 heterocycles. The van der Waals surface area contributed by atoms with Crippen molar-refractivity contribution in [3.05, 3.63) is 51.6 Å². The first-order valence-electron chi connectivity index (χ1n) is 12.5. The van der Waals surface area contributed by atoms with E-state index in [0.29, 0.717) is 18.1 Å². The van der Waals surface area contributed by atoms with Gasteiger partial charge >= 0.3 is 0 Å². The van der Waals surface area contributed by atoms with Crippen LogP contribution in [0.25, 0.3) is 0 Å². The van der Waals surface area contributed by atoms with E-state index in [9.17, 15) is 5.11 Å². The second kappa shape index (κ2) is 7.89. The lowest BCUT2D eigenvalue weighted by atomic mass is 9.71. The van der Waals surface area contributed by atoms with Gasteiger partial charge in [0, 0.05) is 18.2 Å². The highest BCUT2D eigenvalue weighted by molar-refractivity contribution is 5.62. The third-order valence-electron chi connectivity index (χ3n) is 9.31. The molecule has 2 aromatic carbocycles. The van der Waals surface area contributed by atoms with E-state index < -0.39 is 6.10 Å². The van der Waals surface area contributed by atoms with Crippen LogP contribution in [0.4, 0.5) is 0 Å². The highest BCUT2D eigenvalue weighted by atomic mass is 16.7. The molecule has 2 aliphatic heterocycles. The zero-order valence-corrected chi connectivity index (χ0v) is 21.9. The summed E-state index contributed by atoms with van der Waals surface area (Å²) in [6, 6.07) is 6.75. The van der Waals surface area contributed by atoms with Crippen LogP contribution >= 0.6 is 0 Å². The van der Waals surface area contributed by atoms with Gasteiger partial charge in [0.2, 0.25) is 12.5 Å². The molecule has 0 aromatic heterocycles. The Morgan fingerprint density at radius 3 is 2.47 bits per heavy atom. The van der Waals surface area contributed by atoms with Crippen molar-refractivity contribution < 1.29 is 19.3 Å². The van der Waals surface area contributed by atoms with Gasteiger partial charge in [-0.25, -0.2) is 0 Å². The summed E-state index contributed by atoms with van der Waals surface area (Å²) in [5.74, 6) is 2.71. The minimum absolute atomic E-state index is 0.0271. The number of benzene rings is 2. The first-order chi connectivity index (χ1) is 16.0. The van der Waals surface area contributed by atoms with Crippen molar-refractivity contribution in [2.75, 3.05) is 27.5 Å². The fraction of sp³-hybridized carbons (Fsp3) is 0.586. The molecule has 184 valence electrons. The normalized spacial score (nSPS) is 25.1. The van der Waals surface area contributed by atoms with Gasteiger partial charge in [0.05, 0.1) is 13.2 Å². The van der Waals surface area contributed by atoms with Crippen LogP contribution in [0, 0.1) is 12.8 Å². The van der Waals surface area contributed by atoms with Crippen LogP contribution in [0.1, 0.15) is 86.6 Å². The number of hydrogen-bond donors (Lipinski definition) is 1. The Morgan fingerprint density at radius 2 is 1.79 bits per heavy atom. The lowest BCUT2D eigenvalue weighted by molar-refractivity contribution is 0.107. The molecular weight excluding hydrogens is 426 g/mol. The third-order valence-corrected chi connectivity index (χ3v) is 9.31. The molecule has 5 heteroatoms. The van der Waals surface area contributed by atoms with Crippen molar-refractivity contribution in [2.24, 2.45) is 5.92 Å². The Morgan fingerprint density at radius 1 is 1.12 bits per heavy atom. The smallest absolute Gasteiger partial charge is 0.231 e.